The summed E-state index contributed by atoms with van der Waals surface area (Å²) in [4.78, 5) is 23.3. The summed E-state index contributed by atoms with van der Waals surface area (Å²) in [5.74, 6) is 0.429. The van der Waals surface area contributed by atoms with Crippen LogP contribution in [0.25, 0.3) is 0 Å². The van der Waals surface area contributed by atoms with E-state index in [0.717, 1.165) is 32.1 Å². The van der Waals surface area contributed by atoms with Crippen LogP contribution in [0.3, 0.4) is 0 Å². The summed E-state index contributed by atoms with van der Waals surface area (Å²) in [6.45, 7) is 19.5. The Bertz CT molecular complexity index is 440. The Kier molecular flexibility index (Phi) is 18.3. The molecule has 0 spiro atoms. The first kappa shape index (κ1) is 31.1. The zero-order valence-corrected chi connectivity index (χ0v) is 21.7. The van der Waals surface area contributed by atoms with Crippen LogP contribution in [0.15, 0.2) is 0 Å². The number of hydrogen-bond donors (Lipinski definition) is 0. The van der Waals surface area contributed by atoms with Crippen molar-refractivity contribution in [2.45, 2.75) is 127 Å². The largest absolute Gasteiger partial charge is 0.465 e. The molecule has 0 aliphatic rings. The van der Waals surface area contributed by atoms with Gasteiger partial charge in [-0.25, -0.2) is 0 Å². The average Bonchev–Trinajstić information content (AvgIpc) is 2.73. The van der Waals surface area contributed by atoms with E-state index < -0.39 is 0 Å². The fraction of sp³-hybridized carbons (Fsp3) is 0.923. The second-order valence-electron chi connectivity index (χ2n) is 9.69. The molecule has 0 N–H and O–H groups in total. The number of ether oxygens (including phenoxy) is 2. The molecule has 0 bridgehead atoms. The lowest BCUT2D eigenvalue weighted by molar-refractivity contribution is -0.156. The number of rotatable bonds is 15. The third kappa shape index (κ3) is 14.8. The highest BCUT2D eigenvalue weighted by Crippen LogP contribution is 2.23. The summed E-state index contributed by atoms with van der Waals surface area (Å²) >= 11 is 0. The third-order valence-electron chi connectivity index (χ3n) is 6.10. The summed E-state index contributed by atoms with van der Waals surface area (Å²) in [5, 5.41) is 0. The second kappa shape index (κ2) is 17.6. The van der Waals surface area contributed by atoms with Gasteiger partial charge in [0.15, 0.2) is 0 Å². The molecule has 1 unspecified atom stereocenters. The van der Waals surface area contributed by atoms with Crippen molar-refractivity contribution in [2.75, 3.05) is 13.2 Å². The number of esters is 2. The molecule has 0 saturated heterocycles. The van der Waals surface area contributed by atoms with E-state index in [1.165, 1.54) is 32.1 Å². The van der Waals surface area contributed by atoms with Crippen LogP contribution in [-0.2, 0) is 19.1 Å². The zero-order chi connectivity index (χ0) is 23.6. The summed E-state index contributed by atoms with van der Waals surface area (Å²) in [5.41, 5.74) is -0.645. The molecule has 0 aliphatic carbocycles. The predicted octanol–water partition coefficient (Wildman–Crippen LogP) is 7.73. The normalized spacial score (nSPS) is 12.6. The van der Waals surface area contributed by atoms with Gasteiger partial charge in [0.25, 0.3) is 0 Å². The second-order valence-corrected chi connectivity index (χ2v) is 9.69. The maximum Gasteiger partial charge on any atom is 0.311 e. The Hall–Kier alpha value is -1.06. The molecule has 4 heteroatoms. The van der Waals surface area contributed by atoms with Gasteiger partial charge in [-0.2, -0.15) is 0 Å². The first-order chi connectivity index (χ1) is 14.0. The summed E-state index contributed by atoms with van der Waals surface area (Å²) < 4.78 is 10.6. The lowest BCUT2D eigenvalue weighted by Gasteiger charge is -2.22. The molecular weight excluding hydrogens is 376 g/mol. The Morgan fingerprint density at radius 1 is 0.700 bits per heavy atom. The van der Waals surface area contributed by atoms with E-state index in [1.807, 2.05) is 41.5 Å². The van der Waals surface area contributed by atoms with Crippen LogP contribution in [0.1, 0.15) is 127 Å². The fourth-order valence-electron chi connectivity index (χ4n) is 2.46. The van der Waals surface area contributed by atoms with Crippen molar-refractivity contribution in [2.24, 2.45) is 16.7 Å². The quantitative estimate of drug-likeness (QED) is 0.198. The van der Waals surface area contributed by atoms with Gasteiger partial charge < -0.3 is 9.47 Å². The van der Waals surface area contributed by atoms with E-state index in [4.69, 9.17) is 9.47 Å². The van der Waals surface area contributed by atoms with Crippen molar-refractivity contribution in [1.29, 1.82) is 0 Å². The molecule has 0 amide bonds. The van der Waals surface area contributed by atoms with Crippen molar-refractivity contribution >= 4 is 11.9 Å². The monoisotopic (exact) mass is 428 g/mol. The number of carbonyl (C=O) groups excluding carboxylic acids is 2. The smallest absolute Gasteiger partial charge is 0.311 e. The first-order valence-electron chi connectivity index (χ1n) is 12.4. The lowest BCUT2D eigenvalue weighted by atomic mass is 9.90. The van der Waals surface area contributed by atoms with Gasteiger partial charge in [0.2, 0.25) is 0 Å². The van der Waals surface area contributed by atoms with Crippen LogP contribution in [0.2, 0.25) is 0 Å². The minimum atomic E-state index is -0.330. The third-order valence-corrected chi connectivity index (χ3v) is 6.10. The number of hydrogen-bond acceptors (Lipinski definition) is 4. The van der Waals surface area contributed by atoms with Crippen molar-refractivity contribution < 1.29 is 19.1 Å². The Morgan fingerprint density at radius 3 is 1.63 bits per heavy atom. The molecule has 0 rings (SSSR count). The Morgan fingerprint density at radius 2 is 1.20 bits per heavy atom. The molecule has 0 radical (unpaired) electrons. The molecule has 4 nitrogen and oxygen atoms in total. The van der Waals surface area contributed by atoms with Crippen molar-refractivity contribution in [3.8, 4) is 0 Å². The highest BCUT2D eigenvalue weighted by atomic mass is 16.5. The van der Waals surface area contributed by atoms with E-state index in [2.05, 4.69) is 20.8 Å². The molecule has 30 heavy (non-hydrogen) atoms. The minimum Gasteiger partial charge on any atom is -0.465 e. The van der Waals surface area contributed by atoms with Gasteiger partial charge >= 0.3 is 11.9 Å². The van der Waals surface area contributed by atoms with Gasteiger partial charge in [0, 0.05) is 0 Å². The molecule has 180 valence electrons. The van der Waals surface area contributed by atoms with Gasteiger partial charge in [-0.05, 0) is 59.3 Å². The molecule has 0 aromatic rings. The molecule has 0 fully saturated rings. The molecule has 0 aliphatic heterocycles. The fourth-order valence-corrected chi connectivity index (χ4v) is 2.46. The van der Waals surface area contributed by atoms with Crippen LogP contribution in [0.5, 0.6) is 0 Å². The van der Waals surface area contributed by atoms with Crippen LogP contribution in [0.4, 0.5) is 0 Å². The molecule has 1 atom stereocenters. The van der Waals surface area contributed by atoms with E-state index in [9.17, 15) is 9.59 Å². The maximum absolute atomic E-state index is 11.8. The van der Waals surface area contributed by atoms with E-state index in [1.54, 1.807) is 0 Å². The predicted molar refractivity (Wildman–Crippen MR) is 128 cm³/mol. The SMILES string of the molecule is CCCCC(CC)COC(=O)C(C)(C)CC.CCCCCCOC(=O)C(C)(C)CC. The van der Waals surface area contributed by atoms with Crippen LogP contribution in [-0.4, -0.2) is 25.2 Å². The van der Waals surface area contributed by atoms with Gasteiger partial charge in [-0.1, -0.05) is 73.1 Å². The number of carbonyl (C=O) groups is 2. The van der Waals surface area contributed by atoms with Gasteiger partial charge in [0.1, 0.15) is 0 Å². The van der Waals surface area contributed by atoms with Gasteiger partial charge in [-0.15, -0.1) is 0 Å². The van der Waals surface area contributed by atoms with Gasteiger partial charge in [0.05, 0.1) is 24.0 Å². The van der Waals surface area contributed by atoms with Crippen LogP contribution in [0, 0.1) is 16.7 Å². The highest BCUT2D eigenvalue weighted by molar-refractivity contribution is 5.76. The zero-order valence-electron chi connectivity index (χ0n) is 21.7. The van der Waals surface area contributed by atoms with Crippen LogP contribution < -0.4 is 0 Å². The summed E-state index contributed by atoms with van der Waals surface area (Å²) in [7, 11) is 0. The topological polar surface area (TPSA) is 52.6 Å². The first-order valence-corrected chi connectivity index (χ1v) is 12.4. The van der Waals surface area contributed by atoms with Crippen LogP contribution >= 0.6 is 0 Å². The van der Waals surface area contributed by atoms with Gasteiger partial charge in [-0.3, -0.25) is 9.59 Å². The van der Waals surface area contributed by atoms with Crippen molar-refractivity contribution in [3.05, 3.63) is 0 Å². The van der Waals surface area contributed by atoms with E-state index in [-0.39, 0.29) is 22.8 Å². The molecule has 0 aromatic carbocycles. The summed E-state index contributed by atoms with van der Waals surface area (Å²) in [6, 6.07) is 0. The van der Waals surface area contributed by atoms with Crippen molar-refractivity contribution in [1.82, 2.24) is 0 Å². The minimum absolute atomic E-state index is 0.0510. The van der Waals surface area contributed by atoms with Crippen molar-refractivity contribution in [3.63, 3.8) is 0 Å². The lowest BCUT2D eigenvalue weighted by Crippen LogP contribution is -2.27. The number of unbranched alkanes of at least 4 members (excludes halogenated alkanes) is 4. The molecule has 0 saturated carbocycles. The Labute approximate surface area is 187 Å². The highest BCUT2D eigenvalue weighted by Gasteiger charge is 2.28. The standard InChI is InChI=1S/C14H28O2.C12H24O2/c1-6-9-10-12(7-2)11-16-13(15)14(4,5)8-3;1-5-7-8-9-10-14-11(13)12(3,4)6-2/h12H,6-11H2,1-5H3;5-10H2,1-4H3. The molecule has 0 heterocycles. The van der Waals surface area contributed by atoms with E-state index >= 15 is 0 Å². The molecular formula is C26H52O4. The Balaban J connectivity index is 0. The average molecular weight is 429 g/mol. The maximum atomic E-state index is 11.8. The summed E-state index contributed by atoms with van der Waals surface area (Å²) in [6.07, 6.45) is 11.0. The van der Waals surface area contributed by atoms with E-state index in [0.29, 0.717) is 19.1 Å². The molecule has 0 aromatic heterocycles.